The van der Waals surface area contributed by atoms with Crippen LogP contribution in [0.2, 0.25) is 0 Å². The molecule has 0 heterocycles. The van der Waals surface area contributed by atoms with Gasteiger partial charge in [0.25, 0.3) is 5.91 Å². The third-order valence-corrected chi connectivity index (χ3v) is 4.66. The van der Waals surface area contributed by atoms with E-state index in [1.807, 2.05) is 39.0 Å². The van der Waals surface area contributed by atoms with Crippen molar-refractivity contribution in [3.63, 3.8) is 0 Å². The van der Waals surface area contributed by atoms with Crippen LogP contribution >= 0.6 is 0 Å². The second-order valence-electron chi connectivity index (χ2n) is 7.17. The van der Waals surface area contributed by atoms with E-state index in [1.165, 1.54) is 17.0 Å². The van der Waals surface area contributed by atoms with E-state index in [1.54, 1.807) is 19.1 Å². The number of benzene rings is 2. The van der Waals surface area contributed by atoms with Gasteiger partial charge in [-0.2, -0.15) is 0 Å². The highest BCUT2D eigenvalue weighted by molar-refractivity contribution is 5.87. The molecule has 0 aliphatic rings. The largest absolute Gasteiger partial charge is 0.483 e. The summed E-state index contributed by atoms with van der Waals surface area (Å²) in [5, 5.41) is 2.82. The summed E-state index contributed by atoms with van der Waals surface area (Å²) in [6.07, 6.45) is 0.806. The molecule has 5 nitrogen and oxygen atoms in total. The first-order chi connectivity index (χ1) is 13.8. The van der Waals surface area contributed by atoms with Crippen molar-refractivity contribution in [2.75, 3.05) is 13.2 Å². The van der Waals surface area contributed by atoms with Gasteiger partial charge in [0, 0.05) is 13.1 Å². The van der Waals surface area contributed by atoms with E-state index in [2.05, 4.69) is 5.32 Å². The minimum absolute atomic E-state index is 0.184. The van der Waals surface area contributed by atoms with E-state index in [4.69, 9.17) is 4.74 Å². The Labute approximate surface area is 171 Å². The fourth-order valence-corrected chi connectivity index (χ4v) is 2.95. The van der Waals surface area contributed by atoms with Gasteiger partial charge < -0.3 is 15.0 Å². The fraction of sp³-hybridized carbons (Fsp3) is 0.391. The van der Waals surface area contributed by atoms with E-state index < -0.39 is 6.04 Å². The Morgan fingerprint density at radius 2 is 1.83 bits per heavy atom. The van der Waals surface area contributed by atoms with Crippen LogP contribution in [0.5, 0.6) is 5.75 Å². The highest BCUT2D eigenvalue weighted by Crippen LogP contribution is 2.19. The van der Waals surface area contributed by atoms with E-state index in [-0.39, 0.29) is 30.8 Å². The molecule has 0 aliphatic carbocycles. The van der Waals surface area contributed by atoms with Gasteiger partial charge >= 0.3 is 0 Å². The lowest BCUT2D eigenvalue weighted by molar-refractivity contribution is -0.142. The van der Waals surface area contributed by atoms with Crippen LogP contribution in [0.25, 0.3) is 0 Å². The molecule has 1 N–H and O–H groups in total. The fourth-order valence-electron chi connectivity index (χ4n) is 2.95. The molecule has 2 amide bonds. The van der Waals surface area contributed by atoms with Crippen molar-refractivity contribution in [1.82, 2.24) is 10.2 Å². The number of carbonyl (C=O) groups is 2. The zero-order valence-corrected chi connectivity index (χ0v) is 17.5. The maximum atomic E-state index is 13.2. The predicted molar refractivity (Wildman–Crippen MR) is 111 cm³/mol. The van der Waals surface area contributed by atoms with Gasteiger partial charge in [0.1, 0.15) is 17.6 Å². The Morgan fingerprint density at radius 1 is 1.14 bits per heavy atom. The maximum Gasteiger partial charge on any atom is 0.261 e. The van der Waals surface area contributed by atoms with Crippen molar-refractivity contribution in [2.45, 2.75) is 46.7 Å². The zero-order chi connectivity index (χ0) is 21.4. The van der Waals surface area contributed by atoms with Crippen molar-refractivity contribution in [3.05, 3.63) is 65.0 Å². The van der Waals surface area contributed by atoms with Crippen molar-refractivity contribution in [3.8, 4) is 5.75 Å². The van der Waals surface area contributed by atoms with Gasteiger partial charge in [-0.3, -0.25) is 9.59 Å². The summed E-state index contributed by atoms with van der Waals surface area (Å²) >= 11 is 0. The van der Waals surface area contributed by atoms with Crippen LogP contribution in [0.1, 0.15) is 37.0 Å². The third kappa shape index (κ3) is 6.59. The first-order valence-electron chi connectivity index (χ1n) is 9.83. The number of amides is 2. The number of rotatable bonds is 9. The summed E-state index contributed by atoms with van der Waals surface area (Å²) in [5.41, 5.74) is 2.79. The lowest BCUT2D eigenvalue weighted by Gasteiger charge is -2.29. The quantitative estimate of drug-likeness (QED) is 0.697. The van der Waals surface area contributed by atoms with Crippen molar-refractivity contribution < 1.29 is 18.7 Å². The molecule has 0 radical (unpaired) electrons. The predicted octanol–water partition coefficient (Wildman–Crippen LogP) is 3.76. The molecule has 1 atom stereocenters. The van der Waals surface area contributed by atoms with Crippen LogP contribution in [0.15, 0.2) is 42.5 Å². The molecule has 0 aliphatic heterocycles. The normalized spacial score (nSPS) is 11.6. The van der Waals surface area contributed by atoms with Gasteiger partial charge in [-0.1, -0.05) is 36.8 Å². The Morgan fingerprint density at radius 3 is 2.45 bits per heavy atom. The molecule has 0 fully saturated rings. The molecule has 0 aromatic heterocycles. The summed E-state index contributed by atoms with van der Waals surface area (Å²) < 4.78 is 18.9. The summed E-state index contributed by atoms with van der Waals surface area (Å²) in [6.45, 7) is 8.11. The van der Waals surface area contributed by atoms with Crippen LogP contribution in [0.3, 0.4) is 0 Å². The number of halogens is 1. The molecule has 2 aromatic rings. The van der Waals surface area contributed by atoms with Crippen molar-refractivity contribution in [1.29, 1.82) is 0 Å². The second kappa shape index (κ2) is 10.6. The van der Waals surface area contributed by atoms with Gasteiger partial charge in [-0.25, -0.2) is 4.39 Å². The number of hydrogen-bond acceptors (Lipinski definition) is 3. The van der Waals surface area contributed by atoms with Gasteiger partial charge in [0.2, 0.25) is 5.91 Å². The summed E-state index contributed by atoms with van der Waals surface area (Å²) in [4.78, 5) is 26.8. The summed E-state index contributed by atoms with van der Waals surface area (Å²) in [7, 11) is 0. The van der Waals surface area contributed by atoms with Crippen LogP contribution < -0.4 is 10.1 Å². The zero-order valence-electron chi connectivity index (χ0n) is 17.5. The number of aryl methyl sites for hydroxylation is 2. The number of ether oxygens (including phenoxy) is 1. The van der Waals surface area contributed by atoms with Gasteiger partial charge in [0.15, 0.2) is 6.61 Å². The molecule has 29 heavy (non-hydrogen) atoms. The molecular formula is C23H29FN2O3. The molecule has 1 unspecified atom stereocenters. The highest BCUT2D eigenvalue weighted by Gasteiger charge is 2.26. The van der Waals surface area contributed by atoms with Crippen molar-refractivity contribution >= 4 is 11.8 Å². The Hall–Kier alpha value is -2.89. The number of nitrogens with zero attached hydrogens (tertiary/aromatic N) is 1. The molecule has 0 saturated carbocycles. The first kappa shape index (κ1) is 22.4. The van der Waals surface area contributed by atoms with Crippen LogP contribution in [-0.4, -0.2) is 35.9 Å². The SMILES string of the molecule is CCCNC(=O)C(C)N(Cc1ccc(F)cc1)C(=O)COc1ccc(C)cc1C. The molecule has 0 spiro atoms. The smallest absolute Gasteiger partial charge is 0.261 e. The van der Waals surface area contributed by atoms with Crippen LogP contribution in [0.4, 0.5) is 4.39 Å². The lowest BCUT2D eigenvalue weighted by Crippen LogP contribution is -2.49. The average molecular weight is 400 g/mol. The Bertz CT molecular complexity index is 837. The molecule has 6 heteroatoms. The standard InChI is InChI=1S/C23H29FN2O3/c1-5-12-25-23(28)18(4)26(14-19-7-9-20(24)10-8-19)22(27)15-29-21-11-6-16(2)13-17(21)3/h6-11,13,18H,5,12,14-15H2,1-4H3,(H,25,28). The van der Waals surface area contributed by atoms with Crippen molar-refractivity contribution in [2.24, 2.45) is 0 Å². The van der Waals surface area contributed by atoms with Crippen LogP contribution in [0, 0.1) is 19.7 Å². The maximum absolute atomic E-state index is 13.2. The molecular weight excluding hydrogens is 371 g/mol. The average Bonchev–Trinajstić information content (AvgIpc) is 2.70. The highest BCUT2D eigenvalue weighted by atomic mass is 19.1. The van der Waals surface area contributed by atoms with Gasteiger partial charge in [0.05, 0.1) is 0 Å². The van der Waals surface area contributed by atoms with Gasteiger partial charge in [-0.15, -0.1) is 0 Å². The monoisotopic (exact) mass is 400 g/mol. The molecule has 2 aromatic carbocycles. The summed E-state index contributed by atoms with van der Waals surface area (Å²) in [5.74, 6) is -0.255. The number of hydrogen-bond donors (Lipinski definition) is 1. The lowest BCUT2D eigenvalue weighted by atomic mass is 10.1. The minimum Gasteiger partial charge on any atom is -0.483 e. The molecule has 0 saturated heterocycles. The number of nitrogens with one attached hydrogen (secondary N) is 1. The molecule has 0 bridgehead atoms. The minimum atomic E-state index is -0.679. The Balaban J connectivity index is 2.14. The topological polar surface area (TPSA) is 58.6 Å². The summed E-state index contributed by atoms with van der Waals surface area (Å²) in [6, 6.07) is 11.0. The van der Waals surface area contributed by atoms with E-state index in [9.17, 15) is 14.0 Å². The second-order valence-corrected chi connectivity index (χ2v) is 7.17. The molecule has 156 valence electrons. The van der Waals surface area contributed by atoms with E-state index in [0.717, 1.165) is 23.1 Å². The number of carbonyl (C=O) groups excluding carboxylic acids is 2. The first-order valence-corrected chi connectivity index (χ1v) is 9.83. The third-order valence-electron chi connectivity index (χ3n) is 4.66. The van der Waals surface area contributed by atoms with E-state index >= 15 is 0 Å². The molecule has 2 rings (SSSR count). The van der Waals surface area contributed by atoms with Gasteiger partial charge in [-0.05, 0) is 56.5 Å². The van der Waals surface area contributed by atoms with Crippen LogP contribution in [-0.2, 0) is 16.1 Å². The Kier molecular flexibility index (Phi) is 8.19. The van der Waals surface area contributed by atoms with E-state index in [0.29, 0.717) is 12.3 Å².